The number of fused-ring (bicyclic) bond motifs is 1. The van der Waals surface area contributed by atoms with E-state index in [1.54, 1.807) is 24.3 Å². The van der Waals surface area contributed by atoms with E-state index in [9.17, 15) is 19.2 Å². The van der Waals surface area contributed by atoms with Crippen molar-refractivity contribution in [2.75, 3.05) is 10.6 Å². The van der Waals surface area contributed by atoms with Crippen LogP contribution in [0, 0.1) is 0 Å². The van der Waals surface area contributed by atoms with Crippen LogP contribution >= 0.6 is 0 Å². The Morgan fingerprint density at radius 3 is 1.39 bits per heavy atom. The molecule has 148 valence electrons. The Hall–Kier alpha value is -3.42. The molecule has 0 atom stereocenters. The van der Waals surface area contributed by atoms with Crippen LogP contribution in [-0.4, -0.2) is 34.0 Å². The third-order valence-electron chi connectivity index (χ3n) is 4.06. The molecule has 2 amide bonds. The second-order valence-electron chi connectivity index (χ2n) is 6.30. The third kappa shape index (κ3) is 6.39. The molecule has 0 aromatic heterocycles. The Balaban J connectivity index is 2.09. The molecular formula is C20H22N2O6. The Labute approximate surface area is 161 Å². The van der Waals surface area contributed by atoms with Crippen LogP contribution in [0.5, 0.6) is 0 Å². The quantitative estimate of drug-likeness (QED) is 0.495. The van der Waals surface area contributed by atoms with Crippen LogP contribution in [0.25, 0.3) is 10.8 Å². The molecule has 2 rings (SSSR count). The highest BCUT2D eigenvalue weighted by Gasteiger charge is 2.11. The molecule has 0 unspecified atom stereocenters. The van der Waals surface area contributed by atoms with Crippen molar-refractivity contribution in [3.05, 3.63) is 36.4 Å². The van der Waals surface area contributed by atoms with Gasteiger partial charge in [-0.2, -0.15) is 0 Å². The van der Waals surface area contributed by atoms with Gasteiger partial charge < -0.3 is 20.8 Å². The minimum absolute atomic E-state index is 0.0684. The number of carbonyl (C=O) groups is 4. The van der Waals surface area contributed by atoms with Gasteiger partial charge >= 0.3 is 11.9 Å². The van der Waals surface area contributed by atoms with E-state index in [-0.39, 0.29) is 50.3 Å². The van der Waals surface area contributed by atoms with Crippen LogP contribution < -0.4 is 10.6 Å². The number of hydrogen-bond donors (Lipinski definition) is 4. The van der Waals surface area contributed by atoms with Crippen LogP contribution in [-0.2, 0) is 19.2 Å². The number of amides is 2. The smallest absolute Gasteiger partial charge is 0.303 e. The monoisotopic (exact) mass is 386 g/mol. The summed E-state index contributed by atoms with van der Waals surface area (Å²) in [6, 6.07) is 10.6. The molecule has 0 aliphatic rings. The zero-order chi connectivity index (χ0) is 20.5. The van der Waals surface area contributed by atoms with E-state index in [2.05, 4.69) is 10.6 Å². The minimum atomic E-state index is -0.943. The zero-order valence-corrected chi connectivity index (χ0v) is 15.2. The van der Waals surface area contributed by atoms with Crippen LogP contribution in [0.2, 0.25) is 0 Å². The van der Waals surface area contributed by atoms with Crippen LogP contribution in [0.15, 0.2) is 36.4 Å². The maximum Gasteiger partial charge on any atom is 0.303 e. The molecule has 0 saturated carbocycles. The fourth-order valence-electron chi connectivity index (χ4n) is 2.75. The van der Waals surface area contributed by atoms with Crippen LogP contribution in [0.1, 0.15) is 38.5 Å². The Morgan fingerprint density at radius 2 is 1.04 bits per heavy atom. The number of carboxylic acid groups (broad SMARTS) is 2. The summed E-state index contributed by atoms with van der Waals surface area (Å²) in [5.74, 6) is -2.45. The van der Waals surface area contributed by atoms with Gasteiger partial charge in [-0.25, -0.2) is 0 Å². The lowest BCUT2D eigenvalue weighted by atomic mass is 10.1. The molecule has 0 saturated heterocycles. The summed E-state index contributed by atoms with van der Waals surface area (Å²) in [6.07, 6.45) is 0.570. The summed E-state index contributed by atoms with van der Waals surface area (Å²) in [4.78, 5) is 45.2. The van der Waals surface area contributed by atoms with Gasteiger partial charge in [-0.05, 0) is 25.0 Å². The molecule has 0 fully saturated rings. The first-order chi connectivity index (χ1) is 13.4. The average Bonchev–Trinajstić information content (AvgIpc) is 2.62. The lowest BCUT2D eigenvalue weighted by molar-refractivity contribution is -0.138. The molecule has 2 aromatic rings. The van der Waals surface area contributed by atoms with Crippen molar-refractivity contribution in [2.24, 2.45) is 0 Å². The number of carbonyl (C=O) groups excluding carboxylic acids is 2. The highest BCUT2D eigenvalue weighted by atomic mass is 16.4. The van der Waals surface area contributed by atoms with Gasteiger partial charge in [-0.1, -0.05) is 24.3 Å². The predicted molar refractivity (Wildman–Crippen MR) is 104 cm³/mol. The van der Waals surface area contributed by atoms with Gasteiger partial charge in [0.1, 0.15) is 0 Å². The van der Waals surface area contributed by atoms with Crippen molar-refractivity contribution in [1.29, 1.82) is 0 Å². The van der Waals surface area contributed by atoms with E-state index >= 15 is 0 Å². The Kier molecular flexibility index (Phi) is 7.50. The predicted octanol–water partition coefficient (Wildman–Crippen LogP) is 3.23. The van der Waals surface area contributed by atoms with Crippen molar-refractivity contribution in [3.8, 4) is 0 Å². The second-order valence-corrected chi connectivity index (χ2v) is 6.30. The molecule has 8 heteroatoms. The van der Waals surface area contributed by atoms with Gasteiger partial charge in [0, 0.05) is 47.8 Å². The highest BCUT2D eigenvalue weighted by Crippen LogP contribution is 2.29. The normalized spacial score (nSPS) is 10.4. The van der Waals surface area contributed by atoms with Gasteiger partial charge in [-0.15, -0.1) is 0 Å². The maximum atomic E-state index is 12.1. The van der Waals surface area contributed by atoms with Gasteiger partial charge in [0.2, 0.25) is 11.8 Å². The molecule has 28 heavy (non-hydrogen) atoms. The highest BCUT2D eigenvalue weighted by molar-refractivity contribution is 6.09. The van der Waals surface area contributed by atoms with Crippen molar-refractivity contribution in [2.45, 2.75) is 38.5 Å². The molecule has 0 heterocycles. The van der Waals surface area contributed by atoms with E-state index in [0.717, 1.165) is 10.8 Å². The summed E-state index contributed by atoms with van der Waals surface area (Å²) in [6.45, 7) is 0. The summed E-state index contributed by atoms with van der Waals surface area (Å²) in [7, 11) is 0. The zero-order valence-electron chi connectivity index (χ0n) is 15.2. The number of benzene rings is 2. The van der Waals surface area contributed by atoms with Crippen molar-refractivity contribution in [3.63, 3.8) is 0 Å². The number of nitrogens with one attached hydrogen (secondary N) is 2. The Morgan fingerprint density at radius 1 is 0.643 bits per heavy atom. The molecule has 4 N–H and O–H groups in total. The van der Waals surface area contributed by atoms with Gasteiger partial charge in [0.05, 0.1) is 0 Å². The van der Waals surface area contributed by atoms with E-state index in [0.29, 0.717) is 11.4 Å². The third-order valence-corrected chi connectivity index (χ3v) is 4.06. The number of hydrogen-bond acceptors (Lipinski definition) is 4. The SMILES string of the molecule is O=C(O)CCCC(=O)Nc1cccc2c(NC(=O)CCCC(=O)O)cccc12. The van der Waals surface area contributed by atoms with E-state index in [1.165, 1.54) is 0 Å². The maximum absolute atomic E-state index is 12.1. The second kappa shape index (κ2) is 10.1. The topological polar surface area (TPSA) is 133 Å². The van der Waals surface area contributed by atoms with Gasteiger partial charge in [0.15, 0.2) is 0 Å². The molecule has 0 spiro atoms. The van der Waals surface area contributed by atoms with Crippen LogP contribution in [0.4, 0.5) is 11.4 Å². The lowest BCUT2D eigenvalue weighted by Gasteiger charge is -2.12. The minimum Gasteiger partial charge on any atom is -0.481 e. The molecule has 0 aliphatic heterocycles. The summed E-state index contributed by atoms with van der Waals surface area (Å²) in [5.41, 5.74) is 1.14. The summed E-state index contributed by atoms with van der Waals surface area (Å²) >= 11 is 0. The Bertz CT molecular complexity index is 820. The first kappa shape index (κ1) is 20.9. The largest absolute Gasteiger partial charge is 0.481 e. The first-order valence-corrected chi connectivity index (χ1v) is 8.92. The van der Waals surface area contributed by atoms with Crippen molar-refractivity contribution < 1.29 is 29.4 Å². The lowest BCUT2D eigenvalue weighted by Crippen LogP contribution is -2.13. The van der Waals surface area contributed by atoms with Gasteiger partial charge in [-0.3, -0.25) is 19.2 Å². The number of rotatable bonds is 10. The number of carboxylic acids is 2. The standard InChI is InChI=1S/C20H22N2O6/c23-17(9-3-11-19(25)26)21-15-7-1-5-13-14(15)6-2-8-16(13)22-18(24)10-4-12-20(27)28/h1-2,5-8H,3-4,9-12H2,(H,21,23)(H,22,24)(H,25,26)(H,27,28). The molecule has 0 bridgehead atoms. The van der Waals surface area contributed by atoms with Crippen molar-refractivity contribution in [1.82, 2.24) is 0 Å². The first-order valence-electron chi connectivity index (χ1n) is 8.92. The molecule has 8 nitrogen and oxygen atoms in total. The number of aliphatic carboxylic acids is 2. The summed E-state index contributed by atoms with van der Waals surface area (Å²) in [5, 5.41) is 24.3. The number of anilines is 2. The van der Waals surface area contributed by atoms with E-state index in [1.807, 2.05) is 12.1 Å². The molecular weight excluding hydrogens is 364 g/mol. The molecule has 2 aromatic carbocycles. The summed E-state index contributed by atoms with van der Waals surface area (Å²) < 4.78 is 0. The average molecular weight is 386 g/mol. The fraction of sp³-hybridized carbons (Fsp3) is 0.300. The van der Waals surface area contributed by atoms with Crippen LogP contribution in [0.3, 0.4) is 0 Å². The molecule has 0 radical (unpaired) electrons. The van der Waals surface area contributed by atoms with E-state index in [4.69, 9.17) is 10.2 Å². The molecule has 0 aliphatic carbocycles. The van der Waals surface area contributed by atoms with Crippen molar-refractivity contribution >= 4 is 45.9 Å². The fourth-order valence-corrected chi connectivity index (χ4v) is 2.75. The van der Waals surface area contributed by atoms with Gasteiger partial charge in [0.25, 0.3) is 0 Å². The van der Waals surface area contributed by atoms with E-state index < -0.39 is 11.9 Å².